The molecule has 0 unspecified atom stereocenters. The summed E-state index contributed by atoms with van der Waals surface area (Å²) in [6.07, 6.45) is 0. The molecule has 8 aromatic rings. The molecule has 0 saturated heterocycles. The lowest BCUT2D eigenvalue weighted by molar-refractivity contribution is 0.660. The lowest BCUT2D eigenvalue weighted by Crippen LogP contribution is -2.16. The summed E-state index contributed by atoms with van der Waals surface area (Å²) in [6, 6.07) is 69.4. The zero-order valence-corrected chi connectivity index (χ0v) is 31.8. The van der Waals surface area contributed by atoms with Gasteiger partial charge in [0.05, 0.1) is 0 Å². The number of fused-ring (bicyclic) bond motifs is 6. The van der Waals surface area contributed by atoms with Gasteiger partial charge in [0.15, 0.2) is 0 Å². The summed E-state index contributed by atoms with van der Waals surface area (Å²) in [7, 11) is 0. The molecule has 2 aliphatic rings. The minimum atomic E-state index is -0.0848. The lowest BCUT2D eigenvalue weighted by Gasteiger charge is -2.28. The Balaban J connectivity index is 1.03. The van der Waals surface area contributed by atoms with E-state index in [1.165, 1.54) is 77.9 Å². The van der Waals surface area contributed by atoms with E-state index >= 15 is 0 Å². The van der Waals surface area contributed by atoms with Crippen molar-refractivity contribution < 1.29 is 0 Å². The van der Waals surface area contributed by atoms with E-state index < -0.39 is 0 Å². The largest absolute Gasteiger partial charge is 0.310 e. The summed E-state index contributed by atoms with van der Waals surface area (Å²) >= 11 is 0. The Morgan fingerprint density at radius 1 is 0.273 bits per heavy atom. The van der Waals surface area contributed by atoms with Gasteiger partial charge in [-0.2, -0.15) is 0 Å². The monoisotopic (exact) mass is 705 g/mol. The third-order valence-corrected chi connectivity index (χ3v) is 12.3. The molecule has 8 aromatic carbocycles. The molecule has 0 aliphatic heterocycles. The molecule has 264 valence electrons. The highest BCUT2D eigenvalue weighted by Gasteiger charge is 2.37. The summed E-state index contributed by atoms with van der Waals surface area (Å²) in [5.74, 6) is 0. The number of hydrogen-bond donors (Lipinski definition) is 0. The van der Waals surface area contributed by atoms with Crippen LogP contribution >= 0.6 is 0 Å². The van der Waals surface area contributed by atoms with Crippen LogP contribution in [0.15, 0.2) is 188 Å². The fourth-order valence-electron chi connectivity index (χ4n) is 9.26. The first-order valence-electron chi connectivity index (χ1n) is 19.4. The van der Waals surface area contributed by atoms with Crippen LogP contribution in [-0.4, -0.2) is 0 Å². The molecular formula is C54H43N. The second kappa shape index (κ2) is 12.6. The summed E-state index contributed by atoms with van der Waals surface area (Å²) in [5, 5.41) is 0. The quantitative estimate of drug-likeness (QED) is 0.166. The molecule has 0 radical (unpaired) electrons. The summed E-state index contributed by atoms with van der Waals surface area (Å²) in [6.45, 7) is 9.43. The van der Waals surface area contributed by atoms with Crippen LogP contribution in [0.4, 0.5) is 17.1 Å². The van der Waals surface area contributed by atoms with Crippen LogP contribution in [0.1, 0.15) is 49.9 Å². The van der Waals surface area contributed by atoms with Crippen LogP contribution in [-0.2, 0) is 10.8 Å². The standard InChI is InChI=1S/C54H43N/c1-53(2)49-18-12-11-17-45(49)46-31-29-44(35-52(46)53)55(42-25-19-38(20-26-42)36-13-7-5-8-14-36)43-27-21-39(22-28-43)40-24-32-50-48(33-40)47-30-23-41(34-51(47)54(50,3)4)37-15-9-6-10-16-37/h5-35H,1-4H3. The predicted octanol–water partition coefficient (Wildman–Crippen LogP) is 14.8. The highest BCUT2D eigenvalue weighted by Crippen LogP contribution is 2.52. The van der Waals surface area contributed by atoms with E-state index in [9.17, 15) is 0 Å². The van der Waals surface area contributed by atoms with Gasteiger partial charge in [0.2, 0.25) is 0 Å². The third-order valence-electron chi connectivity index (χ3n) is 12.3. The van der Waals surface area contributed by atoms with Crippen molar-refractivity contribution in [2.45, 2.75) is 38.5 Å². The van der Waals surface area contributed by atoms with Crippen molar-refractivity contribution in [1.29, 1.82) is 0 Å². The highest BCUT2D eigenvalue weighted by molar-refractivity contribution is 5.89. The first-order valence-corrected chi connectivity index (χ1v) is 19.4. The highest BCUT2D eigenvalue weighted by atomic mass is 15.1. The van der Waals surface area contributed by atoms with Crippen molar-refractivity contribution in [2.24, 2.45) is 0 Å². The molecule has 55 heavy (non-hydrogen) atoms. The van der Waals surface area contributed by atoms with E-state index in [0.717, 1.165) is 17.1 Å². The van der Waals surface area contributed by atoms with E-state index in [0.29, 0.717) is 0 Å². The lowest BCUT2D eigenvalue weighted by atomic mass is 9.81. The zero-order valence-electron chi connectivity index (χ0n) is 31.8. The minimum absolute atomic E-state index is 0.0692. The second-order valence-corrected chi connectivity index (χ2v) is 16.2. The number of nitrogens with zero attached hydrogens (tertiary/aromatic N) is 1. The molecule has 0 N–H and O–H groups in total. The first-order chi connectivity index (χ1) is 26.8. The Labute approximate surface area is 325 Å². The summed E-state index contributed by atoms with van der Waals surface area (Å²) in [5.41, 5.74) is 21.6. The van der Waals surface area contributed by atoms with Crippen LogP contribution in [0, 0.1) is 0 Å². The fourth-order valence-corrected chi connectivity index (χ4v) is 9.26. The Morgan fingerprint density at radius 2 is 0.673 bits per heavy atom. The average Bonchev–Trinajstić information content (AvgIpc) is 3.60. The van der Waals surface area contributed by atoms with Gasteiger partial charge in [0.25, 0.3) is 0 Å². The number of rotatable bonds is 6. The molecule has 2 aliphatic carbocycles. The molecule has 1 nitrogen and oxygen atoms in total. The Morgan fingerprint density at radius 3 is 1.33 bits per heavy atom. The van der Waals surface area contributed by atoms with Gasteiger partial charge in [0, 0.05) is 27.9 Å². The third kappa shape index (κ3) is 5.37. The molecule has 0 aromatic heterocycles. The normalized spacial score (nSPS) is 14.1. The maximum Gasteiger partial charge on any atom is 0.0465 e. The topological polar surface area (TPSA) is 3.24 Å². The van der Waals surface area contributed by atoms with Crippen molar-refractivity contribution in [3.8, 4) is 55.6 Å². The molecule has 0 fully saturated rings. The molecule has 0 heterocycles. The van der Waals surface area contributed by atoms with Crippen molar-refractivity contribution in [2.75, 3.05) is 4.90 Å². The Hall–Kier alpha value is -6.44. The van der Waals surface area contributed by atoms with Gasteiger partial charge < -0.3 is 4.90 Å². The molecule has 0 bridgehead atoms. The zero-order chi connectivity index (χ0) is 37.3. The van der Waals surface area contributed by atoms with Gasteiger partial charge in [-0.3, -0.25) is 0 Å². The van der Waals surface area contributed by atoms with Gasteiger partial charge in [-0.25, -0.2) is 0 Å². The second-order valence-electron chi connectivity index (χ2n) is 16.2. The van der Waals surface area contributed by atoms with Crippen molar-refractivity contribution >= 4 is 17.1 Å². The van der Waals surface area contributed by atoms with Crippen LogP contribution in [0.2, 0.25) is 0 Å². The van der Waals surface area contributed by atoms with Crippen LogP contribution in [0.5, 0.6) is 0 Å². The Kier molecular flexibility index (Phi) is 7.58. The van der Waals surface area contributed by atoms with E-state index in [-0.39, 0.29) is 10.8 Å². The van der Waals surface area contributed by atoms with E-state index in [4.69, 9.17) is 0 Å². The maximum atomic E-state index is 2.41. The van der Waals surface area contributed by atoms with Gasteiger partial charge >= 0.3 is 0 Å². The SMILES string of the molecule is CC1(C)c2ccc(-c3ccc(N(c4ccc(-c5ccccc5)cc4)c4ccc5c(c4)C(C)(C)c4ccccc4-5)cc3)cc2-c2ccc(-c3ccccc3)cc21. The smallest absolute Gasteiger partial charge is 0.0465 e. The molecular weight excluding hydrogens is 663 g/mol. The number of hydrogen-bond acceptors (Lipinski definition) is 1. The summed E-state index contributed by atoms with van der Waals surface area (Å²) in [4.78, 5) is 2.41. The van der Waals surface area contributed by atoms with E-state index in [1.807, 2.05) is 0 Å². The molecule has 1 heteroatoms. The Bertz CT molecular complexity index is 2720. The maximum absolute atomic E-state index is 2.41. The molecule has 0 amide bonds. The van der Waals surface area contributed by atoms with E-state index in [1.54, 1.807) is 0 Å². The van der Waals surface area contributed by atoms with Gasteiger partial charge in [-0.1, -0.05) is 167 Å². The van der Waals surface area contributed by atoms with Crippen LogP contribution in [0.3, 0.4) is 0 Å². The number of anilines is 3. The summed E-state index contributed by atoms with van der Waals surface area (Å²) < 4.78 is 0. The van der Waals surface area contributed by atoms with Crippen molar-refractivity contribution in [1.82, 2.24) is 0 Å². The predicted molar refractivity (Wildman–Crippen MR) is 233 cm³/mol. The van der Waals surface area contributed by atoms with E-state index in [2.05, 4.69) is 221 Å². The van der Waals surface area contributed by atoms with Crippen LogP contribution < -0.4 is 4.90 Å². The molecule has 10 rings (SSSR count). The fraction of sp³-hybridized carbons (Fsp3) is 0.111. The van der Waals surface area contributed by atoms with Crippen molar-refractivity contribution in [3.05, 3.63) is 210 Å². The van der Waals surface area contributed by atoms with Gasteiger partial charge in [-0.05, 0) is 126 Å². The molecule has 0 saturated carbocycles. The van der Waals surface area contributed by atoms with Crippen molar-refractivity contribution in [3.63, 3.8) is 0 Å². The van der Waals surface area contributed by atoms with Crippen LogP contribution in [0.25, 0.3) is 55.6 Å². The van der Waals surface area contributed by atoms with Gasteiger partial charge in [-0.15, -0.1) is 0 Å². The molecule has 0 spiro atoms. The molecule has 0 atom stereocenters. The van der Waals surface area contributed by atoms with Gasteiger partial charge in [0.1, 0.15) is 0 Å². The minimum Gasteiger partial charge on any atom is -0.310 e. The number of benzene rings is 8. The average molecular weight is 706 g/mol. The first kappa shape index (κ1) is 33.2.